The monoisotopic (exact) mass is 176 g/mol. The molecule has 1 amide bonds. The average molecular weight is 176 g/mol. The van der Waals surface area contributed by atoms with Gasteiger partial charge in [-0.1, -0.05) is 0 Å². The van der Waals surface area contributed by atoms with E-state index < -0.39 is 30.9 Å². The minimum absolute atomic E-state index is 0.128. The lowest BCUT2D eigenvalue weighted by atomic mass is 10.2. The summed E-state index contributed by atoms with van der Waals surface area (Å²) in [6.45, 7) is -3.11. The van der Waals surface area contributed by atoms with Gasteiger partial charge >= 0.3 is 5.97 Å². The number of aliphatic hydroxyl groups is 1. The molecule has 1 heterocycles. The molecule has 0 spiro atoms. The van der Waals surface area contributed by atoms with Gasteiger partial charge in [0.05, 0.1) is 6.10 Å². The average Bonchev–Trinajstić information content (AvgIpc) is 2.44. The Hall–Kier alpha value is -1.10. The van der Waals surface area contributed by atoms with Crippen molar-refractivity contribution in [3.8, 4) is 0 Å². The fourth-order valence-corrected chi connectivity index (χ4v) is 1.27. The quantitative estimate of drug-likeness (QED) is 0.540. The smallest absolute Gasteiger partial charge is 0.326 e. The number of carboxylic acids is 1. The first-order valence-corrected chi connectivity index (χ1v) is 3.45. The van der Waals surface area contributed by atoms with Gasteiger partial charge in [-0.15, -0.1) is 0 Å². The largest absolute Gasteiger partial charge is 0.480 e. The molecule has 1 rings (SSSR count). The summed E-state index contributed by atoms with van der Waals surface area (Å²) >= 11 is 0. The molecule has 1 aliphatic heterocycles. The van der Waals surface area contributed by atoms with Gasteiger partial charge in [0.15, 0.2) is 0 Å². The number of likely N-dealkylation sites (tertiary alicyclic amines) is 1. The van der Waals surface area contributed by atoms with Gasteiger partial charge < -0.3 is 15.1 Å². The zero-order valence-electron chi connectivity index (χ0n) is 9.23. The molecule has 0 radical (unpaired) electrons. The molecule has 0 bridgehead atoms. The van der Waals surface area contributed by atoms with Crippen LogP contribution in [0.25, 0.3) is 0 Å². The van der Waals surface area contributed by atoms with Crippen LogP contribution in [-0.2, 0) is 9.59 Å². The number of hydrogen-bond acceptors (Lipinski definition) is 3. The molecule has 1 saturated heterocycles. The number of carbonyl (C=O) groups is 2. The van der Waals surface area contributed by atoms with Crippen molar-refractivity contribution < 1.29 is 23.9 Å². The molecule has 0 aliphatic carbocycles. The second-order valence-corrected chi connectivity index (χ2v) is 2.70. The Kier molecular flexibility index (Phi) is 1.43. The van der Waals surface area contributed by atoms with E-state index in [4.69, 9.17) is 9.22 Å². The molecule has 5 heteroatoms. The van der Waals surface area contributed by atoms with Crippen molar-refractivity contribution in [3.05, 3.63) is 0 Å². The molecule has 1 aliphatic rings. The second-order valence-electron chi connectivity index (χ2n) is 2.70. The van der Waals surface area contributed by atoms with Gasteiger partial charge in [0.2, 0.25) is 5.91 Å². The van der Waals surface area contributed by atoms with E-state index in [2.05, 4.69) is 0 Å². The maximum atomic E-state index is 11.3. The van der Waals surface area contributed by atoms with Crippen molar-refractivity contribution in [1.82, 2.24) is 4.90 Å². The lowest BCUT2D eigenvalue weighted by Gasteiger charge is -2.18. The van der Waals surface area contributed by atoms with E-state index in [1.165, 1.54) is 0 Å². The lowest BCUT2D eigenvalue weighted by molar-refractivity contribution is -0.147. The van der Waals surface area contributed by atoms with E-state index in [1.807, 2.05) is 0 Å². The van der Waals surface area contributed by atoms with Gasteiger partial charge in [0.1, 0.15) is 6.04 Å². The Bertz CT molecular complexity index is 290. The highest BCUT2D eigenvalue weighted by Gasteiger charge is 2.37. The Morgan fingerprint density at radius 2 is 2.33 bits per heavy atom. The summed E-state index contributed by atoms with van der Waals surface area (Å²) in [5.41, 5.74) is 0. The van der Waals surface area contributed by atoms with E-state index in [-0.39, 0.29) is 13.0 Å². The van der Waals surface area contributed by atoms with Gasteiger partial charge in [-0.25, -0.2) is 4.79 Å². The Morgan fingerprint density at radius 3 is 2.83 bits per heavy atom. The number of amides is 1. The van der Waals surface area contributed by atoms with Crippen molar-refractivity contribution in [2.24, 2.45) is 0 Å². The Balaban J connectivity index is 2.85. The van der Waals surface area contributed by atoms with Gasteiger partial charge in [0.25, 0.3) is 0 Å². The van der Waals surface area contributed by atoms with Crippen molar-refractivity contribution >= 4 is 11.9 Å². The molecule has 0 saturated carbocycles. The molecule has 5 nitrogen and oxygen atoms in total. The zero-order valence-corrected chi connectivity index (χ0v) is 6.23. The van der Waals surface area contributed by atoms with Crippen LogP contribution in [0, 0.1) is 0 Å². The molecule has 2 atom stereocenters. The highest BCUT2D eigenvalue weighted by atomic mass is 16.4. The second kappa shape index (κ2) is 3.10. The maximum absolute atomic E-state index is 11.3. The van der Waals surface area contributed by atoms with Gasteiger partial charge in [-0.05, 0) is 0 Å². The van der Waals surface area contributed by atoms with E-state index in [9.17, 15) is 14.7 Å². The van der Waals surface area contributed by atoms with E-state index in [0.717, 1.165) is 0 Å². The van der Waals surface area contributed by atoms with Gasteiger partial charge in [0, 0.05) is 23.9 Å². The third kappa shape index (κ3) is 1.55. The number of nitrogens with zero attached hydrogens (tertiary/aromatic N) is 1. The number of hydrogen-bond donors (Lipinski definition) is 2. The summed E-state index contributed by atoms with van der Waals surface area (Å²) in [4.78, 5) is 22.7. The third-order valence-corrected chi connectivity index (χ3v) is 1.82. The SMILES string of the molecule is [2H]C([2H])([2H])C(=O)N1C[C@H](O)C[C@H]1C(=O)O. The molecule has 2 N–H and O–H groups in total. The molecule has 0 unspecified atom stereocenters. The molecule has 0 aromatic carbocycles. The molecule has 0 aromatic heterocycles. The minimum atomic E-state index is -2.86. The highest BCUT2D eigenvalue weighted by molar-refractivity contribution is 5.83. The first kappa shape index (κ1) is 5.53. The van der Waals surface area contributed by atoms with Crippen molar-refractivity contribution in [3.63, 3.8) is 0 Å². The van der Waals surface area contributed by atoms with Crippen LogP contribution >= 0.6 is 0 Å². The molecule has 12 heavy (non-hydrogen) atoms. The van der Waals surface area contributed by atoms with Crippen LogP contribution in [0.15, 0.2) is 0 Å². The number of carboxylic acid groups (broad SMARTS) is 1. The molecular formula is C7H11NO4. The topological polar surface area (TPSA) is 77.8 Å². The van der Waals surface area contributed by atoms with Gasteiger partial charge in [-0.2, -0.15) is 0 Å². The predicted molar refractivity (Wildman–Crippen MR) is 39.4 cm³/mol. The van der Waals surface area contributed by atoms with Crippen LogP contribution in [0.2, 0.25) is 0 Å². The summed E-state index contributed by atoms with van der Waals surface area (Å²) in [6.07, 6.45) is -1.10. The normalized spacial score (nSPS) is 33.8. The van der Waals surface area contributed by atoms with Crippen LogP contribution < -0.4 is 0 Å². The summed E-state index contributed by atoms with van der Waals surface area (Å²) in [5.74, 6) is -2.53. The number of β-amino-alcohol motifs (C(OH)–C–C–N with tert-alkyl or cyclic N) is 1. The fraction of sp³-hybridized carbons (Fsp3) is 0.714. The Morgan fingerprint density at radius 1 is 1.67 bits per heavy atom. The standard InChI is InChI=1S/C7H11NO4/c1-4(9)8-3-5(10)2-6(8)7(11)12/h5-6,10H,2-3H2,1H3,(H,11,12)/t5-,6+/m1/s1/i1D3. The molecule has 1 fully saturated rings. The van der Waals surface area contributed by atoms with Gasteiger partial charge in [-0.3, -0.25) is 4.79 Å². The molecule has 0 aromatic rings. The van der Waals surface area contributed by atoms with Crippen LogP contribution in [-0.4, -0.2) is 45.7 Å². The molecule has 68 valence electrons. The summed E-state index contributed by atoms with van der Waals surface area (Å²) < 4.78 is 20.6. The van der Waals surface area contributed by atoms with Crippen molar-refractivity contribution in [2.75, 3.05) is 6.54 Å². The number of aliphatic hydroxyl groups excluding tert-OH is 1. The number of aliphatic carboxylic acids is 1. The van der Waals surface area contributed by atoms with Crippen molar-refractivity contribution in [1.29, 1.82) is 0 Å². The maximum Gasteiger partial charge on any atom is 0.326 e. The number of rotatable bonds is 1. The summed E-state index contributed by atoms with van der Waals surface area (Å²) in [7, 11) is 0. The molecular weight excluding hydrogens is 162 g/mol. The van der Waals surface area contributed by atoms with Crippen LogP contribution in [0.3, 0.4) is 0 Å². The predicted octanol–water partition coefficient (Wildman–Crippen LogP) is -0.947. The fourth-order valence-electron chi connectivity index (χ4n) is 1.27. The minimum Gasteiger partial charge on any atom is -0.480 e. The van der Waals surface area contributed by atoms with E-state index >= 15 is 0 Å². The van der Waals surface area contributed by atoms with Crippen LogP contribution in [0.5, 0.6) is 0 Å². The third-order valence-electron chi connectivity index (χ3n) is 1.82. The van der Waals surface area contributed by atoms with E-state index in [0.29, 0.717) is 4.90 Å². The lowest BCUT2D eigenvalue weighted by Crippen LogP contribution is -2.39. The number of carbonyl (C=O) groups excluding carboxylic acids is 1. The van der Waals surface area contributed by atoms with Crippen molar-refractivity contribution in [2.45, 2.75) is 25.4 Å². The van der Waals surface area contributed by atoms with E-state index in [1.54, 1.807) is 0 Å². The van der Waals surface area contributed by atoms with Crippen LogP contribution in [0.4, 0.5) is 0 Å². The highest BCUT2D eigenvalue weighted by Crippen LogP contribution is 2.17. The first-order valence-electron chi connectivity index (χ1n) is 4.95. The Labute approximate surface area is 73.8 Å². The summed E-state index contributed by atoms with van der Waals surface area (Å²) in [6, 6.07) is -1.24. The first-order chi connectivity index (χ1) is 6.73. The van der Waals surface area contributed by atoms with Crippen LogP contribution in [0.1, 0.15) is 17.4 Å². The summed E-state index contributed by atoms with van der Waals surface area (Å²) in [5, 5.41) is 17.9. The zero-order chi connectivity index (χ0) is 11.8.